The molecule has 7 nitrogen and oxygen atoms in total. The lowest BCUT2D eigenvalue weighted by atomic mass is 9.97. The molecule has 92 valence electrons. The van der Waals surface area contributed by atoms with E-state index in [4.69, 9.17) is 5.26 Å². The Labute approximate surface area is 95.0 Å². The van der Waals surface area contributed by atoms with E-state index in [2.05, 4.69) is 9.46 Å². The van der Waals surface area contributed by atoms with Crippen LogP contribution < -0.4 is 9.44 Å². The lowest BCUT2D eigenvalue weighted by molar-refractivity contribution is 0.177. The van der Waals surface area contributed by atoms with Gasteiger partial charge >= 0.3 is 16.3 Å². The number of rotatable bonds is 5. The van der Waals surface area contributed by atoms with E-state index in [0.29, 0.717) is 12.8 Å². The van der Waals surface area contributed by atoms with Crippen LogP contribution in [-0.2, 0) is 14.9 Å². The van der Waals surface area contributed by atoms with Crippen molar-refractivity contribution in [3.8, 4) is 6.07 Å². The molecular formula is C8H15N3O4S. The highest BCUT2D eigenvalue weighted by Crippen LogP contribution is 2.14. The third kappa shape index (κ3) is 4.04. The van der Waals surface area contributed by atoms with Gasteiger partial charge in [-0.2, -0.15) is 18.4 Å². The van der Waals surface area contributed by atoms with Crippen molar-refractivity contribution >= 4 is 16.3 Å². The van der Waals surface area contributed by atoms with Crippen LogP contribution in [0, 0.1) is 11.3 Å². The number of ether oxygens (including phenoxy) is 1. The van der Waals surface area contributed by atoms with Crippen LogP contribution in [0.1, 0.15) is 26.7 Å². The lowest BCUT2D eigenvalue weighted by Crippen LogP contribution is -2.52. The van der Waals surface area contributed by atoms with Crippen molar-refractivity contribution in [3.63, 3.8) is 0 Å². The molecule has 0 rings (SSSR count). The van der Waals surface area contributed by atoms with Crippen LogP contribution in [0.15, 0.2) is 0 Å². The maximum atomic E-state index is 11.4. The minimum atomic E-state index is -4.08. The quantitative estimate of drug-likeness (QED) is 0.726. The number of hydrogen-bond acceptors (Lipinski definition) is 5. The Morgan fingerprint density at radius 1 is 1.44 bits per heavy atom. The van der Waals surface area contributed by atoms with Crippen LogP contribution in [0.3, 0.4) is 0 Å². The lowest BCUT2D eigenvalue weighted by Gasteiger charge is -2.24. The van der Waals surface area contributed by atoms with Crippen molar-refractivity contribution in [2.75, 3.05) is 7.11 Å². The predicted octanol–water partition coefficient (Wildman–Crippen LogP) is 0.259. The minimum Gasteiger partial charge on any atom is -0.452 e. The number of amides is 1. The van der Waals surface area contributed by atoms with Gasteiger partial charge in [0, 0.05) is 0 Å². The fourth-order valence-electron chi connectivity index (χ4n) is 1.01. The second-order valence-corrected chi connectivity index (χ2v) is 4.52. The SMILES string of the molecule is CCC(C#N)(CC)NS(=O)(=O)NC(=O)OC. The van der Waals surface area contributed by atoms with E-state index in [1.54, 1.807) is 18.6 Å². The molecule has 0 saturated carbocycles. The number of carbonyl (C=O) groups is 1. The highest BCUT2D eigenvalue weighted by atomic mass is 32.2. The molecular weight excluding hydrogens is 234 g/mol. The van der Waals surface area contributed by atoms with Gasteiger partial charge in [-0.1, -0.05) is 13.8 Å². The van der Waals surface area contributed by atoms with Gasteiger partial charge in [0.1, 0.15) is 5.54 Å². The predicted molar refractivity (Wildman–Crippen MR) is 56.5 cm³/mol. The van der Waals surface area contributed by atoms with E-state index in [0.717, 1.165) is 7.11 Å². The Morgan fingerprint density at radius 2 is 1.94 bits per heavy atom. The third-order valence-corrected chi connectivity index (χ3v) is 3.25. The summed E-state index contributed by atoms with van der Waals surface area (Å²) in [5, 5.41) is 8.91. The van der Waals surface area contributed by atoms with E-state index in [1.807, 2.05) is 6.07 Å². The van der Waals surface area contributed by atoms with Gasteiger partial charge in [-0.15, -0.1) is 0 Å². The fourth-order valence-corrected chi connectivity index (χ4v) is 2.21. The molecule has 0 unspecified atom stereocenters. The third-order valence-electron chi connectivity index (χ3n) is 2.15. The Balaban J connectivity index is 4.83. The molecule has 0 aliphatic rings. The molecule has 0 radical (unpaired) electrons. The Hall–Kier alpha value is -1.33. The van der Waals surface area contributed by atoms with Crippen molar-refractivity contribution in [2.45, 2.75) is 32.2 Å². The van der Waals surface area contributed by atoms with Crippen LogP contribution in [0.2, 0.25) is 0 Å². The maximum Gasteiger partial charge on any atom is 0.421 e. The van der Waals surface area contributed by atoms with Gasteiger partial charge in [0.2, 0.25) is 0 Å². The molecule has 0 spiro atoms. The first-order chi connectivity index (χ1) is 7.34. The van der Waals surface area contributed by atoms with Gasteiger partial charge in [-0.05, 0) is 12.8 Å². The highest BCUT2D eigenvalue weighted by Gasteiger charge is 2.32. The Bertz CT molecular complexity index is 381. The summed E-state index contributed by atoms with van der Waals surface area (Å²) in [5.41, 5.74) is -1.21. The van der Waals surface area contributed by atoms with E-state index in [9.17, 15) is 13.2 Å². The first kappa shape index (κ1) is 14.7. The smallest absolute Gasteiger partial charge is 0.421 e. The van der Waals surface area contributed by atoms with Gasteiger partial charge in [0.05, 0.1) is 13.2 Å². The van der Waals surface area contributed by atoms with Crippen molar-refractivity contribution < 1.29 is 17.9 Å². The van der Waals surface area contributed by atoms with E-state index >= 15 is 0 Å². The molecule has 0 aromatic rings. The summed E-state index contributed by atoms with van der Waals surface area (Å²) < 4.78 is 30.7. The number of nitriles is 1. The summed E-state index contributed by atoms with van der Waals surface area (Å²) in [5.74, 6) is 0. The summed E-state index contributed by atoms with van der Waals surface area (Å²) in [7, 11) is -3.04. The molecule has 0 fully saturated rings. The molecule has 0 aromatic heterocycles. The number of hydrogen-bond donors (Lipinski definition) is 2. The number of nitrogens with zero attached hydrogens (tertiary/aromatic N) is 1. The molecule has 0 heterocycles. The van der Waals surface area contributed by atoms with Gasteiger partial charge < -0.3 is 4.74 Å². The summed E-state index contributed by atoms with van der Waals surface area (Å²) in [6, 6.07) is 1.88. The zero-order chi connectivity index (χ0) is 12.8. The van der Waals surface area contributed by atoms with Gasteiger partial charge in [0.25, 0.3) is 0 Å². The van der Waals surface area contributed by atoms with Crippen molar-refractivity contribution in [2.24, 2.45) is 0 Å². The summed E-state index contributed by atoms with van der Waals surface area (Å²) in [4.78, 5) is 10.7. The first-order valence-electron chi connectivity index (χ1n) is 4.65. The van der Waals surface area contributed by atoms with E-state index in [1.165, 1.54) is 0 Å². The van der Waals surface area contributed by atoms with Gasteiger partial charge in [-0.3, -0.25) is 0 Å². The molecule has 0 aliphatic heterocycles. The molecule has 8 heteroatoms. The molecule has 0 aromatic carbocycles. The Morgan fingerprint density at radius 3 is 2.25 bits per heavy atom. The van der Waals surface area contributed by atoms with E-state index < -0.39 is 21.8 Å². The fraction of sp³-hybridized carbons (Fsp3) is 0.750. The van der Waals surface area contributed by atoms with Crippen LogP contribution in [0.4, 0.5) is 4.79 Å². The second kappa shape index (κ2) is 5.67. The maximum absolute atomic E-state index is 11.4. The minimum absolute atomic E-state index is 0.294. The van der Waals surface area contributed by atoms with Crippen molar-refractivity contribution in [3.05, 3.63) is 0 Å². The molecule has 0 aliphatic carbocycles. The number of methoxy groups -OCH3 is 1. The van der Waals surface area contributed by atoms with Gasteiger partial charge in [-0.25, -0.2) is 9.52 Å². The highest BCUT2D eigenvalue weighted by molar-refractivity contribution is 7.88. The molecule has 1 amide bonds. The van der Waals surface area contributed by atoms with Crippen LogP contribution >= 0.6 is 0 Å². The second-order valence-electron chi connectivity index (χ2n) is 3.10. The number of carbonyl (C=O) groups excluding carboxylic acids is 1. The number of nitrogens with one attached hydrogen (secondary N) is 2. The van der Waals surface area contributed by atoms with Crippen LogP contribution in [-0.4, -0.2) is 27.2 Å². The Kier molecular flexibility index (Phi) is 5.20. The van der Waals surface area contributed by atoms with Crippen molar-refractivity contribution in [1.82, 2.24) is 9.44 Å². The topological polar surface area (TPSA) is 108 Å². The zero-order valence-electron chi connectivity index (χ0n) is 9.40. The molecule has 16 heavy (non-hydrogen) atoms. The molecule has 0 atom stereocenters. The average Bonchev–Trinajstić information content (AvgIpc) is 2.25. The average molecular weight is 249 g/mol. The summed E-state index contributed by atoms with van der Waals surface area (Å²) >= 11 is 0. The largest absolute Gasteiger partial charge is 0.452 e. The summed E-state index contributed by atoms with van der Waals surface area (Å²) in [6.45, 7) is 3.35. The zero-order valence-corrected chi connectivity index (χ0v) is 10.2. The van der Waals surface area contributed by atoms with E-state index in [-0.39, 0.29) is 0 Å². The monoisotopic (exact) mass is 249 g/mol. The molecule has 2 N–H and O–H groups in total. The normalized spacial score (nSPS) is 11.6. The molecule has 0 saturated heterocycles. The van der Waals surface area contributed by atoms with Crippen molar-refractivity contribution in [1.29, 1.82) is 5.26 Å². The first-order valence-corrected chi connectivity index (χ1v) is 6.14. The molecule has 0 bridgehead atoms. The standard InChI is InChI=1S/C8H15N3O4S/c1-4-8(5-2,6-9)11-16(13,14)10-7(12)15-3/h11H,4-5H2,1-3H3,(H,10,12). The van der Waals surface area contributed by atoms with Gasteiger partial charge in [0.15, 0.2) is 0 Å². The summed E-state index contributed by atoms with van der Waals surface area (Å²) in [6.07, 6.45) is -0.518. The van der Waals surface area contributed by atoms with Crippen LogP contribution in [0.25, 0.3) is 0 Å². The van der Waals surface area contributed by atoms with Crippen LogP contribution in [0.5, 0.6) is 0 Å².